The highest BCUT2D eigenvalue weighted by atomic mass is 16.7. The molecule has 2 aliphatic rings. The molecule has 174 valence electrons. The zero-order valence-corrected chi connectivity index (χ0v) is 18.2. The molecule has 2 aromatic rings. The number of imide groups is 2. The number of amides is 5. The van der Waals surface area contributed by atoms with Crippen molar-refractivity contribution >= 4 is 35.5 Å². The second-order valence-corrected chi connectivity index (χ2v) is 8.14. The van der Waals surface area contributed by atoms with E-state index in [0.29, 0.717) is 0 Å². The van der Waals surface area contributed by atoms with E-state index in [2.05, 4.69) is 15.3 Å². The molecule has 34 heavy (non-hydrogen) atoms. The Balaban J connectivity index is 1.50. The number of hydrogen-bond donors (Lipinski definition) is 1. The van der Waals surface area contributed by atoms with Gasteiger partial charge in [-0.3, -0.25) is 28.9 Å². The fourth-order valence-electron chi connectivity index (χ4n) is 3.57. The van der Waals surface area contributed by atoms with E-state index in [1.807, 2.05) is 0 Å². The molecule has 0 radical (unpaired) electrons. The largest absolute Gasteiger partial charge is 0.357 e. The summed E-state index contributed by atoms with van der Waals surface area (Å²) < 4.78 is 0. The van der Waals surface area contributed by atoms with Crippen molar-refractivity contribution in [2.24, 2.45) is 0 Å². The molecule has 1 aromatic heterocycles. The van der Waals surface area contributed by atoms with E-state index < -0.39 is 47.1 Å². The predicted molar refractivity (Wildman–Crippen MR) is 111 cm³/mol. The van der Waals surface area contributed by atoms with Crippen molar-refractivity contribution in [2.45, 2.75) is 38.3 Å². The van der Waals surface area contributed by atoms with Crippen LogP contribution >= 0.6 is 0 Å². The van der Waals surface area contributed by atoms with Crippen LogP contribution in [-0.2, 0) is 19.2 Å². The molecule has 0 bridgehead atoms. The summed E-state index contributed by atoms with van der Waals surface area (Å²) in [6.45, 7) is 2.60. The van der Waals surface area contributed by atoms with E-state index in [9.17, 15) is 28.8 Å². The van der Waals surface area contributed by atoms with E-state index in [1.54, 1.807) is 12.1 Å². The van der Waals surface area contributed by atoms with Gasteiger partial charge in [0.15, 0.2) is 0 Å². The van der Waals surface area contributed by atoms with Gasteiger partial charge in [-0.1, -0.05) is 12.1 Å². The maximum absolute atomic E-state index is 13.0. The molecular formula is C22H19N5O7. The number of hydrogen-bond acceptors (Lipinski definition) is 9. The molecular weight excluding hydrogens is 446 g/mol. The third-order valence-corrected chi connectivity index (χ3v) is 5.36. The van der Waals surface area contributed by atoms with Gasteiger partial charge < -0.3 is 10.2 Å². The Labute approximate surface area is 192 Å². The molecule has 2 aliphatic heterocycles. The number of nitrogens with one attached hydrogen (secondary N) is 1. The maximum Gasteiger partial charge on any atom is 0.357 e. The van der Waals surface area contributed by atoms with Crippen LogP contribution in [0.1, 0.15) is 58.0 Å². The number of benzene rings is 1. The fraction of sp³-hybridized carbons (Fsp3) is 0.273. The van der Waals surface area contributed by atoms with Crippen LogP contribution in [0.25, 0.3) is 0 Å². The van der Waals surface area contributed by atoms with Crippen LogP contribution in [0.4, 0.5) is 0 Å². The van der Waals surface area contributed by atoms with Crippen LogP contribution in [0.2, 0.25) is 0 Å². The SMILES string of the molecule is CC(C)(NC(=O)c1ncccn1)C(=O)ON1C(=O)CC[C@H](N2C(=O)c3ccccc3C2=O)C1=O. The van der Waals surface area contributed by atoms with Gasteiger partial charge in [0.2, 0.25) is 5.82 Å². The van der Waals surface area contributed by atoms with Gasteiger partial charge in [-0.2, -0.15) is 0 Å². The summed E-state index contributed by atoms with van der Waals surface area (Å²) in [7, 11) is 0. The standard InChI is InChI=1S/C22H19N5O7/c1-22(2,25-17(29)16-23-10-5-11-24-16)21(33)34-27-15(28)9-8-14(20(27)32)26-18(30)12-6-3-4-7-13(12)19(26)31/h3-7,10-11,14H,8-9H2,1-2H3,(H,25,29)/t14-/m0/s1. The molecule has 1 saturated heterocycles. The van der Waals surface area contributed by atoms with Crippen molar-refractivity contribution < 1.29 is 33.6 Å². The summed E-state index contributed by atoms with van der Waals surface area (Å²) >= 11 is 0. The molecule has 0 unspecified atom stereocenters. The Kier molecular flexibility index (Phi) is 5.65. The van der Waals surface area contributed by atoms with E-state index in [-0.39, 0.29) is 34.9 Å². The van der Waals surface area contributed by atoms with Crippen molar-refractivity contribution in [3.05, 3.63) is 59.7 Å². The molecule has 1 atom stereocenters. The number of aromatic nitrogens is 2. The molecule has 0 aliphatic carbocycles. The zero-order valence-electron chi connectivity index (χ0n) is 18.2. The molecule has 12 heteroatoms. The Morgan fingerprint density at radius 1 is 1.00 bits per heavy atom. The van der Waals surface area contributed by atoms with Crippen LogP contribution in [0, 0.1) is 0 Å². The first-order valence-corrected chi connectivity index (χ1v) is 10.3. The van der Waals surface area contributed by atoms with Crippen LogP contribution < -0.4 is 5.32 Å². The summed E-state index contributed by atoms with van der Waals surface area (Å²) in [6, 6.07) is 6.29. The normalized spacial score (nSPS) is 18.1. The number of nitrogens with zero attached hydrogens (tertiary/aromatic N) is 4. The van der Waals surface area contributed by atoms with Gasteiger partial charge in [0.05, 0.1) is 11.1 Å². The molecule has 12 nitrogen and oxygen atoms in total. The Morgan fingerprint density at radius 3 is 2.18 bits per heavy atom. The van der Waals surface area contributed by atoms with Gasteiger partial charge in [0, 0.05) is 18.8 Å². The van der Waals surface area contributed by atoms with E-state index in [4.69, 9.17) is 4.84 Å². The number of carbonyl (C=O) groups excluding carboxylic acids is 6. The molecule has 1 N–H and O–H groups in total. The van der Waals surface area contributed by atoms with Gasteiger partial charge in [0.1, 0.15) is 11.6 Å². The molecule has 0 spiro atoms. The fourth-order valence-corrected chi connectivity index (χ4v) is 3.57. The summed E-state index contributed by atoms with van der Waals surface area (Å²) in [4.78, 5) is 89.4. The lowest BCUT2D eigenvalue weighted by Gasteiger charge is -2.34. The highest BCUT2D eigenvalue weighted by Gasteiger charge is 2.49. The predicted octanol–water partition coefficient (Wildman–Crippen LogP) is 0.257. The van der Waals surface area contributed by atoms with Gasteiger partial charge >= 0.3 is 5.97 Å². The minimum absolute atomic E-state index is 0.108. The lowest BCUT2D eigenvalue weighted by Crippen LogP contribution is -2.59. The van der Waals surface area contributed by atoms with Crippen molar-refractivity contribution in [1.29, 1.82) is 0 Å². The molecule has 5 amide bonds. The second kappa shape index (κ2) is 8.46. The smallest absolute Gasteiger partial charge is 0.334 e. The first kappa shape index (κ1) is 22.7. The summed E-state index contributed by atoms with van der Waals surface area (Å²) in [6.07, 6.45) is 2.33. The summed E-state index contributed by atoms with van der Waals surface area (Å²) in [5.74, 6) is -5.29. The molecule has 1 aromatic carbocycles. The quantitative estimate of drug-likeness (QED) is 0.612. The first-order chi connectivity index (χ1) is 16.1. The van der Waals surface area contributed by atoms with Gasteiger partial charge in [0.25, 0.3) is 29.5 Å². The topological polar surface area (TPSA) is 156 Å². The van der Waals surface area contributed by atoms with E-state index in [1.165, 1.54) is 44.4 Å². The first-order valence-electron chi connectivity index (χ1n) is 10.3. The zero-order chi connectivity index (χ0) is 24.6. The maximum atomic E-state index is 13.0. The third-order valence-electron chi connectivity index (χ3n) is 5.36. The lowest BCUT2D eigenvalue weighted by molar-refractivity contribution is -0.211. The number of piperidine rings is 1. The average molecular weight is 465 g/mol. The number of carbonyl (C=O) groups is 6. The minimum Gasteiger partial charge on any atom is -0.334 e. The van der Waals surface area contributed by atoms with Crippen LogP contribution in [0.3, 0.4) is 0 Å². The second-order valence-electron chi connectivity index (χ2n) is 8.14. The van der Waals surface area contributed by atoms with Crippen molar-refractivity contribution in [3.8, 4) is 0 Å². The number of fused-ring (bicyclic) bond motifs is 1. The van der Waals surface area contributed by atoms with Crippen LogP contribution in [0.5, 0.6) is 0 Å². The number of hydroxylamine groups is 2. The third kappa shape index (κ3) is 3.89. The molecule has 0 saturated carbocycles. The monoisotopic (exact) mass is 465 g/mol. The Hall–Kier alpha value is -4.48. The Bertz CT molecular complexity index is 1190. The lowest BCUT2D eigenvalue weighted by atomic mass is 10.0. The van der Waals surface area contributed by atoms with Gasteiger partial charge in [-0.15, -0.1) is 5.06 Å². The van der Waals surface area contributed by atoms with E-state index in [0.717, 1.165) is 4.90 Å². The van der Waals surface area contributed by atoms with Crippen molar-refractivity contribution in [1.82, 2.24) is 25.2 Å². The summed E-state index contributed by atoms with van der Waals surface area (Å²) in [5, 5.41) is 2.62. The number of rotatable bonds is 5. The molecule has 3 heterocycles. The van der Waals surface area contributed by atoms with Gasteiger partial charge in [-0.25, -0.2) is 14.8 Å². The summed E-state index contributed by atoms with van der Waals surface area (Å²) in [5.41, 5.74) is -1.39. The minimum atomic E-state index is -1.68. The van der Waals surface area contributed by atoms with Crippen molar-refractivity contribution in [2.75, 3.05) is 0 Å². The molecule has 1 fully saturated rings. The van der Waals surface area contributed by atoms with Crippen LogP contribution in [0.15, 0.2) is 42.7 Å². The van der Waals surface area contributed by atoms with Crippen LogP contribution in [-0.4, -0.2) is 67.0 Å². The van der Waals surface area contributed by atoms with Crippen molar-refractivity contribution in [3.63, 3.8) is 0 Å². The van der Waals surface area contributed by atoms with E-state index >= 15 is 0 Å². The highest BCUT2D eigenvalue weighted by molar-refractivity contribution is 6.23. The molecule has 4 rings (SSSR count). The van der Waals surface area contributed by atoms with Gasteiger partial charge in [-0.05, 0) is 38.5 Å². The average Bonchev–Trinajstić information content (AvgIpc) is 3.07. The Morgan fingerprint density at radius 2 is 1.59 bits per heavy atom. The highest BCUT2D eigenvalue weighted by Crippen LogP contribution is 2.29.